The van der Waals surface area contributed by atoms with E-state index in [-0.39, 0.29) is 15.9 Å². The van der Waals surface area contributed by atoms with Gasteiger partial charge < -0.3 is 15.7 Å². The third kappa shape index (κ3) is 4.14. The van der Waals surface area contributed by atoms with Crippen LogP contribution >= 0.6 is 12.2 Å². The lowest BCUT2D eigenvalue weighted by Crippen LogP contribution is -2.23. The number of aromatic amines is 1. The molecule has 0 saturated carbocycles. The largest absolute Gasteiger partial charge is 0.506 e. The second-order valence-electron chi connectivity index (χ2n) is 8.03. The van der Waals surface area contributed by atoms with Gasteiger partial charge in [-0.25, -0.2) is 9.48 Å². The van der Waals surface area contributed by atoms with Crippen molar-refractivity contribution >= 4 is 29.6 Å². The van der Waals surface area contributed by atoms with Crippen LogP contribution in [0.15, 0.2) is 36.4 Å². The molecule has 1 aliphatic rings. The molecule has 0 spiro atoms. The number of aromatic hydroxyl groups is 1. The minimum atomic E-state index is -0.446. The van der Waals surface area contributed by atoms with E-state index in [0.29, 0.717) is 17.1 Å². The zero-order chi connectivity index (χ0) is 20.6. The summed E-state index contributed by atoms with van der Waals surface area (Å²) in [7, 11) is 0. The molecule has 4 rings (SSSR count). The molecule has 8 nitrogen and oxygen atoms in total. The fraction of sp³-hybridized carbons (Fsp3) is 0.300. The number of amides is 2. The van der Waals surface area contributed by atoms with Gasteiger partial charge in [0.2, 0.25) is 4.77 Å². The van der Waals surface area contributed by atoms with Crippen molar-refractivity contribution in [2.75, 3.05) is 10.6 Å². The summed E-state index contributed by atoms with van der Waals surface area (Å²) in [6.45, 7) is 4.47. The molecule has 2 amide bonds. The summed E-state index contributed by atoms with van der Waals surface area (Å²) in [6, 6.07) is 10.3. The van der Waals surface area contributed by atoms with Gasteiger partial charge in [-0.1, -0.05) is 30.2 Å². The van der Waals surface area contributed by atoms with Crippen molar-refractivity contribution in [1.82, 2.24) is 20.2 Å². The SMILES string of the molecule is CC1(C)CCc2cc(O)c(NC(=O)Nc3cccc(-n4[nH]nnc4=S)c3)cc2C1. The number of H-pyrrole nitrogens is 1. The fourth-order valence-electron chi connectivity index (χ4n) is 3.62. The van der Waals surface area contributed by atoms with Gasteiger partial charge >= 0.3 is 6.03 Å². The average Bonchev–Trinajstić information content (AvgIpc) is 3.08. The first-order valence-corrected chi connectivity index (χ1v) is 9.75. The lowest BCUT2D eigenvalue weighted by Gasteiger charge is -2.31. The first kappa shape index (κ1) is 19.1. The third-order valence-electron chi connectivity index (χ3n) is 5.14. The van der Waals surface area contributed by atoms with Crippen molar-refractivity contribution in [3.63, 3.8) is 0 Å². The number of phenols is 1. The van der Waals surface area contributed by atoms with Crippen LogP contribution in [0.4, 0.5) is 16.2 Å². The van der Waals surface area contributed by atoms with Crippen molar-refractivity contribution in [3.8, 4) is 11.4 Å². The molecule has 0 unspecified atom stereocenters. The van der Waals surface area contributed by atoms with E-state index in [1.165, 1.54) is 4.68 Å². The zero-order valence-corrected chi connectivity index (χ0v) is 17.0. The van der Waals surface area contributed by atoms with Crippen molar-refractivity contribution in [2.24, 2.45) is 5.41 Å². The van der Waals surface area contributed by atoms with Gasteiger partial charge in [0.1, 0.15) is 5.75 Å². The predicted octanol–water partition coefficient (Wildman–Crippen LogP) is 4.19. The summed E-state index contributed by atoms with van der Waals surface area (Å²) in [4.78, 5) is 12.5. The number of nitrogens with one attached hydrogen (secondary N) is 3. The van der Waals surface area contributed by atoms with E-state index in [9.17, 15) is 9.90 Å². The fourth-order valence-corrected chi connectivity index (χ4v) is 3.81. The van der Waals surface area contributed by atoms with E-state index in [4.69, 9.17) is 12.2 Å². The number of hydrogen-bond acceptors (Lipinski definition) is 5. The quantitative estimate of drug-likeness (QED) is 0.382. The number of carbonyl (C=O) groups excluding carboxylic acids is 1. The van der Waals surface area contributed by atoms with Crippen molar-refractivity contribution in [1.29, 1.82) is 0 Å². The van der Waals surface area contributed by atoms with Gasteiger partial charge in [0.05, 0.1) is 11.4 Å². The molecule has 1 aromatic heterocycles. The molecular weight excluding hydrogens is 388 g/mol. The Morgan fingerprint density at radius 3 is 2.83 bits per heavy atom. The maximum absolute atomic E-state index is 12.5. The highest BCUT2D eigenvalue weighted by Gasteiger charge is 2.26. The summed E-state index contributed by atoms with van der Waals surface area (Å²) in [5, 5.41) is 25.9. The van der Waals surface area contributed by atoms with Crippen LogP contribution in [-0.2, 0) is 12.8 Å². The summed E-state index contributed by atoms with van der Waals surface area (Å²) >= 11 is 5.10. The Bertz CT molecular complexity index is 1130. The van der Waals surface area contributed by atoms with Gasteiger partial charge in [-0.15, -0.1) is 0 Å². The van der Waals surface area contributed by atoms with Crippen LogP contribution in [0, 0.1) is 10.2 Å². The molecule has 0 atom stereocenters. The number of benzene rings is 2. The Balaban J connectivity index is 1.51. The molecule has 0 fully saturated rings. The first-order valence-electron chi connectivity index (χ1n) is 9.34. The molecule has 3 aromatic rings. The second-order valence-corrected chi connectivity index (χ2v) is 8.39. The number of rotatable bonds is 3. The van der Waals surface area contributed by atoms with Gasteiger partial charge in [0, 0.05) is 5.69 Å². The van der Waals surface area contributed by atoms with Crippen molar-refractivity contribution < 1.29 is 9.90 Å². The summed E-state index contributed by atoms with van der Waals surface area (Å²) < 4.78 is 1.81. The Labute approximate surface area is 172 Å². The number of aromatic nitrogens is 4. The van der Waals surface area contributed by atoms with Crippen molar-refractivity contribution in [3.05, 3.63) is 52.3 Å². The summed E-state index contributed by atoms with van der Waals surface area (Å²) in [6.07, 6.45) is 2.93. The van der Waals surface area contributed by atoms with Crippen LogP contribution in [0.5, 0.6) is 5.75 Å². The number of fused-ring (bicyclic) bond motifs is 1. The number of urea groups is 1. The van der Waals surface area contributed by atoms with Gasteiger partial charge in [-0.05, 0) is 78.4 Å². The number of carbonyl (C=O) groups is 1. The molecule has 0 saturated heterocycles. The monoisotopic (exact) mass is 410 g/mol. The highest BCUT2D eigenvalue weighted by molar-refractivity contribution is 7.71. The van der Waals surface area contributed by atoms with Crippen LogP contribution in [0.1, 0.15) is 31.4 Å². The Morgan fingerprint density at radius 2 is 2.07 bits per heavy atom. The van der Waals surface area contributed by atoms with Crippen LogP contribution in [0.25, 0.3) is 5.69 Å². The Kier molecular flexibility index (Phi) is 4.83. The highest BCUT2D eigenvalue weighted by Crippen LogP contribution is 2.38. The van der Waals surface area contributed by atoms with E-state index in [1.807, 2.05) is 12.1 Å². The molecule has 29 heavy (non-hydrogen) atoms. The molecule has 4 N–H and O–H groups in total. The lowest BCUT2D eigenvalue weighted by atomic mass is 9.74. The molecular formula is C20H22N6O2S. The second kappa shape index (κ2) is 7.32. The molecule has 0 bridgehead atoms. The normalized spacial score (nSPS) is 14.8. The molecule has 150 valence electrons. The average molecular weight is 411 g/mol. The number of phenolic OH excluding ortho intramolecular Hbond substituents is 1. The van der Waals surface area contributed by atoms with Crippen molar-refractivity contribution in [2.45, 2.75) is 33.1 Å². The highest BCUT2D eigenvalue weighted by atomic mass is 32.1. The third-order valence-corrected chi connectivity index (χ3v) is 5.40. The van der Waals surface area contributed by atoms with E-state index in [2.05, 4.69) is 40.0 Å². The molecule has 0 aliphatic heterocycles. The van der Waals surface area contributed by atoms with E-state index in [0.717, 1.165) is 30.4 Å². The van der Waals surface area contributed by atoms with E-state index >= 15 is 0 Å². The smallest absolute Gasteiger partial charge is 0.323 e. The zero-order valence-electron chi connectivity index (χ0n) is 16.2. The topological polar surface area (TPSA) is 108 Å². The number of tetrazole rings is 1. The summed E-state index contributed by atoms with van der Waals surface area (Å²) in [5.74, 6) is 0.0715. The Morgan fingerprint density at radius 1 is 1.24 bits per heavy atom. The maximum Gasteiger partial charge on any atom is 0.323 e. The van der Waals surface area contributed by atoms with Crippen LogP contribution < -0.4 is 10.6 Å². The standard InChI is InChI=1S/C20H22N6O2S/c1-20(2)7-6-12-9-17(27)16(8-13(12)11-20)22-18(28)21-14-4-3-5-15(10-14)26-19(29)23-24-25-26/h3-5,8-10,27H,6-7,11H2,1-2H3,(H2,21,22,28)(H,23,25,29). The van der Waals surface area contributed by atoms with Gasteiger partial charge in [0.15, 0.2) is 0 Å². The molecule has 0 radical (unpaired) electrons. The number of aryl methyl sites for hydroxylation is 1. The molecule has 2 aromatic carbocycles. The molecule has 1 aliphatic carbocycles. The number of hydrogen-bond donors (Lipinski definition) is 4. The maximum atomic E-state index is 12.5. The van der Waals surface area contributed by atoms with Gasteiger partial charge in [0.25, 0.3) is 0 Å². The number of anilines is 2. The minimum absolute atomic E-state index is 0.0715. The summed E-state index contributed by atoms with van der Waals surface area (Å²) in [5.41, 5.74) is 4.18. The lowest BCUT2D eigenvalue weighted by molar-refractivity contribution is 0.262. The van der Waals surface area contributed by atoms with Crippen LogP contribution in [-0.4, -0.2) is 31.3 Å². The van der Waals surface area contributed by atoms with Crippen LogP contribution in [0.2, 0.25) is 0 Å². The van der Waals surface area contributed by atoms with E-state index < -0.39 is 6.03 Å². The van der Waals surface area contributed by atoms with E-state index in [1.54, 1.807) is 24.3 Å². The minimum Gasteiger partial charge on any atom is -0.506 e. The first-order chi connectivity index (χ1) is 13.8. The molecule has 9 heteroatoms. The van der Waals surface area contributed by atoms with Gasteiger partial charge in [-0.3, -0.25) is 0 Å². The predicted molar refractivity (Wildman–Crippen MR) is 113 cm³/mol. The Hall–Kier alpha value is -3.20. The molecule has 1 heterocycles. The van der Waals surface area contributed by atoms with Crippen LogP contribution in [0.3, 0.4) is 0 Å². The number of nitrogens with zero attached hydrogens (tertiary/aromatic N) is 3. The van der Waals surface area contributed by atoms with Gasteiger partial charge in [-0.2, -0.15) is 5.21 Å².